The molecule has 0 radical (unpaired) electrons. The van der Waals surface area contributed by atoms with Crippen LogP contribution in [0.4, 0.5) is 14.5 Å². The zero-order valence-corrected chi connectivity index (χ0v) is 9.37. The van der Waals surface area contributed by atoms with Gasteiger partial charge in [-0.1, -0.05) is 6.07 Å². The molecule has 0 atom stereocenters. The highest BCUT2D eigenvalue weighted by molar-refractivity contribution is 5.88. The van der Waals surface area contributed by atoms with E-state index in [1.807, 2.05) is 0 Å². The van der Waals surface area contributed by atoms with Gasteiger partial charge < -0.3 is 10.1 Å². The van der Waals surface area contributed by atoms with Crippen LogP contribution in [0.2, 0.25) is 0 Å². The number of anilines is 1. The van der Waals surface area contributed by atoms with Gasteiger partial charge >= 0.3 is 12.0 Å². The predicted octanol–water partition coefficient (Wildman–Crippen LogP) is 0.606. The maximum atomic E-state index is 13.1. The Bertz CT molecular complexity index is 465. The molecule has 0 bridgehead atoms. The number of hydrogen-bond donors (Lipinski definition) is 3. The molecular weight excluding hydrogens is 248 g/mol. The standard InChI is InChI=1S/C10H11F2N3O3/c1-6(16)14-7-3-2-4-8(5-7)18-10(11,12)9(17)15-13/h2-5H,13H2,1H3,(H,14,16)(H,15,17). The molecule has 0 heterocycles. The third-order valence-corrected chi connectivity index (χ3v) is 1.80. The molecule has 98 valence electrons. The van der Waals surface area contributed by atoms with Crippen LogP contribution in [0.15, 0.2) is 24.3 Å². The molecule has 8 heteroatoms. The van der Waals surface area contributed by atoms with Crippen LogP contribution < -0.4 is 21.3 Å². The SMILES string of the molecule is CC(=O)Nc1cccc(OC(F)(F)C(=O)NN)c1. The van der Waals surface area contributed by atoms with Crippen LogP contribution >= 0.6 is 0 Å². The predicted molar refractivity (Wildman–Crippen MR) is 58.7 cm³/mol. The minimum Gasteiger partial charge on any atom is -0.425 e. The Hall–Kier alpha value is -2.22. The molecule has 1 aromatic carbocycles. The molecule has 0 saturated heterocycles. The molecule has 4 N–H and O–H groups in total. The van der Waals surface area contributed by atoms with E-state index in [-0.39, 0.29) is 17.3 Å². The zero-order chi connectivity index (χ0) is 13.8. The average molecular weight is 259 g/mol. The zero-order valence-electron chi connectivity index (χ0n) is 9.37. The van der Waals surface area contributed by atoms with Crippen molar-refractivity contribution in [2.24, 2.45) is 5.84 Å². The van der Waals surface area contributed by atoms with Crippen molar-refractivity contribution < 1.29 is 23.1 Å². The fourth-order valence-corrected chi connectivity index (χ4v) is 1.12. The summed E-state index contributed by atoms with van der Waals surface area (Å²) in [5.41, 5.74) is 1.56. The smallest absolute Gasteiger partial charge is 0.425 e. The van der Waals surface area contributed by atoms with Gasteiger partial charge in [0.1, 0.15) is 5.75 Å². The molecule has 0 aromatic heterocycles. The Balaban J connectivity index is 2.85. The molecule has 0 spiro atoms. The second kappa shape index (κ2) is 5.41. The Morgan fingerprint density at radius 3 is 2.61 bits per heavy atom. The Kier molecular flexibility index (Phi) is 4.16. The van der Waals surface area contributed by atoms with Crippen LogP contribution in [0, 0.1) is 0 Å². The van der Waals surface area contributed by atoms with Crippen molar-refractivity contribution in [3.63, 3.8) is 0 Å². The van der Waals surface area contributed by atoms with E-state index in [9.17, 15) is 18.4 Å². The van der Waals surface area contributed by atoms with Crippen molar-refractivity contribution in [1.82, 2.24) is 5.43 Å². The maximum absolute atomic E-state index is 13.1. The summed E-state index contributed by atoms with van der Waals surface area (Å²) >= 11 is 0. The molecule has 18 heavy (non-hydrogen) atoms. The first kappa shape index (κ1) is 13.8. The largest absolute Gasteiger partial charge is 0.483 e. The number of carbonyl (C=O) groups is 2. The van der Waals surface area contributed by atoms with E-state index < -0.39 is 12.0 Å². The summed E-state index contributed by atoms with van der Waals surface area (Å²) in [6.45, 7) is 1.27. The van der Waals surface area contributed by atoms with Crippen molar-refractivity contribution in [2.75, 3.05) is 5.32 Å². The quantitative estimate of drug-likeness (QED) is 0.419. The normalized spacial score (nSPS) is 10.7. The lowest BCUT2D eigenvalue weighted by molar-refractivity contribution is -0.192. The van der Waals surface area contributed by atoms with E-state index in [1.165, 1.54) is 30.5 Å². The molecular formula is C10H11F2N3O3. The minimum atomic E-state index is -4.09. The van der Waals surface area contributed by atoms with Crippen LogP contribution in [-0.4, -0.2) is 17.9 Å². The van der Waals surface area contributed by atoms with E-state index in [0.29, 0.717) is 0 Å². The lowest BCUT2D eigenvalue weighted by Crippen LogP contribution is -2.47. The molecule has 0 aliphatic heterocycles. The number of nitrogens with two attached hydrogens (primary N) is 1. The van der Waals surface area contributed by atoms with Gasteiger partial charge in [0.25, 0.3) is 0 Å². The molecule has 0 unspecified atom stereocenters. The number of amides is 2. The minimum absolute atomic E-state index is 0.268. The molecule has 0 fully saturated rings. The van der Waals surface area contributed by atoms with Gasteiger partial charge in [-0.05, 0) is 12.1 Å². The van der Waals surface area contributed by atoms with Gasteiger partial charge in [-0.15, -0.1) is 0 Å². The van der Waals surface area contributed by atoms with Crippen molar-refractivity contribution in [3.05, 3.63) is 24.3 Å². The fourth-order valence-electron chi connectivity index (χ4n) is 1.12. The van der Waals surface area contributed by atoms with Gasteiger partial charge in [0.15, 0.2) is 0 Å². The average Bonchev–Trinajstić information content (AvgIpc) is 2.26. The van der Waals surface area contributed by atoms with Crippen LogP contribution in [0.3, 0.4) is 0 Å². The van der Waals surface area contributed by atoms with Gasteiger partial charge in [0, 0.05) is 18.7 Å². The summed E-state index contributed by atoms with van der Waals surface area (Å²) in [6.07, 6.45) is -4.09. The highest BCUT2D eigenvalue weighted by atomic mass is 19.3. The Morgan fingerprint density at radius 2 is 2.06 bits per heavy atom. The number of carbonyl (C=O) groups excluding carboxylic acids is 2. The van der Waals surface area contributed by atoms with E-state index in [0.717, 1.165) is 6.07 Å². The molecule has 6 nitrogen and oxygen atoms in total. The number of rotatable bonds is 4. The number of benzene rings is 1. The van der Waals surface area contributed by atoms with Crippen LogP contribution in [0.5, 0.6) is 5.75 Å². The molecule has 1 rings (SSSR count). The van der Waals surface area contributed by atoms with E-state index in [1.54, 1.807) is 0 Å². The van der Waals surface area contributed by atoms with E-state index in [4.69, 9.17) is 0 Å². The van der Waals surface area contributed by atoms with E-state index in [2.05, 4.69) is 15.9 Å². The third-order valence-electron chi connectivity index (χ3n) is 1.80. The highest BCUT2D eigenvalue weighted by Gasteiger charge is 2.41. The first-order valence-electron chi connectivity index (χ1n) is 4.80. The van der Waals surface area contributed by atoms with Crippen molar-refractivity contribution in [1.29, 1.82) is 0 Å². The third kappa shape index (κ3) is 3.67. The topological polar surface area (TPSA) is 93.4 Å². The van der Waals surface area contributed by atoms with E-state index >= 15 is 0 Å². The monoisotopic (exact) mass is 259 g/mol. The Morgan fingerprint density at radius 1 is 1.39 bits per heavy atom. The molecule has 0 saturated carbocycles. The number of nitrogens with one attached hydrogen (secondary N) is 2. The maximum Gasteiger partial charge on any atom is 0.483 e. The van der Waals surface area contributed by atoms with Crippen LogP contribution in [0.1, 0.15) is 6.92 Å². The molecule has 2 amide bonds. The number of ether oxygens (including phenoxy) is 1. The summed E-state index contributed by atoms with van der Waals surface area (Å²) in [6, 6.07) is 5.23. The molecule has 1 aromatic rings. The van der Waals surface area contributed by atoms with Crippen molar-refractivity contribution in [2.45, 2.75) is 13.0 Å². The number of halogens is 2. The van der Waals surface area contributed by atoms with Crippen LogP contribution in [0.25, 0.3) is 0 Å². The Labute approximate surface area is 101 Å². The van der Waals surface area contributed by atoms with Gasteiger partial charge in [-0.25, -0.2) is 5.84 Å². The summed E-state index contributed by atoms with van der Waals surface area (Å²) in [5, 5.41) is 2.39. The molecule has 0 aliphatic rings. The van der Waals surface area contributed by atoms with Crippen molar-refractivity contribution in [3.8, 4) is 5.75 Å². The first-order chi connectivity index (χ1) is 8.35. The summed E-state index contributed by atoms with van der Waals surface area (Å²) in [5.74, 6) is 2.18. The second-order valence-corrected chi connectivity index (χ2v) is 3.30. The van der Waals surface area contributed by atoms with Gasteiger partial charge in [-0.3, -0.25) is 15.0 Å². The number of hydrazine groups is 1. The van der Waals surface area contributed by atoms with Gasteiger partial charge in [0.05, 0.1) is 0 Å². The van der Waals surface area contributed by atoms with Gasteiger partial charge in [0.2, 0.25) is 5.91 Å². The molecule has 0 aliphatic carbocycles. The second-order valence-electron chi connectivity index (χ2n) is 3.30. The highest BCUT2D eigenvalue weighted by Crippen LogP contribution is 2.24. The summed E-state index contributed by atoms with van der Waals surface area (Å²) in [4.78, 5) is 21.5. The fraction of sp³-hybridized carbons (Fsp3) is 0.200. The lowest BCUT2D eigenvalue weighted by Gasteiger charge is -2.16. The van der Waals surface area contributed by atoms with Crippen molar-refractivity contribution >= 4 is 17.5 Å². The number of alkyl halides is 2. The summed E-state index contributed by atoms with van der Waals surface area (Å²) in [7, 11) is 0. The lowest BCUT2D eigenvalue weighted by atomic mass is 10.3. The summed E-state index contributed by atoms with van der Waals surface area (Å²) < 4.78 is 30.4. The number of hydrogen-bond acceptors (Lipinski definition) is 4. The van der Waals surface area contributed by atoms with Crippen LogP contribution in [-0.2, 0) is 9.59 Å². The van der Waals surface area contributed by atoms with Gasteiger partial charge in [-0.2, -0.15) is 8.78 Å². The first-order valence-corrected chi connectivity index (χ1v) is 4.80.